The predicted molar refractivity (Wildman–Crippen MR) is 73.7 cm³/mol. The van der Waals surface area contributed by atoms with Gasteiger partial charge in [-0.15, -0.1) is 22.5 Å². The van der Waals surface area contributed by atoms with Gasteiger partial charge in [-0.2, -0.15) is 0 Å². The van der Waals surface area contributed by atoms with Crippen LogP contribution in [0.2, 0.25) is 0 Å². The van der Waals surface area contributed by atoms with Crippen LogP contribution in [0.4, 0.5) is 0 Å². The van der Waals surface area contributed by atoms with Gasteiger partial charge in [0.05, 0.1) is 0 Å². The van der Waals surface area contributed by atoms with Crippen LogP contribution in [0.3, 0.4) is 0 Å². The fourth-order valence-electron chi connectivity index (χ4n) is 0. The Morgan fingerprint density at radius 3 is 0.632 bits per heavy atom. The van der Waals surface area contributed by atoms with Gasteiger partial charge in [0.15, 0.2) is 0 Å². The number of nitrogens with zero attached hydrogens (tertiary/aromatic N) is 1. The Labute approximate surface area is 144 Å². The van der Waals surface area contributed by atoms with E-state index >= 15 is 0 Å². The fourth-order valence-corrected chi connectivity index (χ4v) is 0. The van der Waals surface area contributed by atoms with Gasteiger partial charge in [-0.3, -0.25) is 0 Å². The van der Waals surface area contributed by atoms with Crippen molar-refractivity contribution in [1.29, 1.82) is 0 Å². The van der Waals surface area contributed by atoms with E-state index in [9.17, 15) is 0 Å². The van der Waals surface area contributed by atoms with Crippen LogP contribution in [0.5, 0.6) is 0 Å². The Hall–Kier alpha value is 0.542. The van der Waals surface area contributed by atoms with E-state index in [2.05, 4.69) is 0 Å². The van der Waals surface area contributed by atoms with Crippen molar-refractivity contribution < 1.29 is 76.0 Å². The van der Waals surface area contributed by atoms with Crippen molar-refractivity contribution >= 4 is 58.5 Å². The molecule has 0 unspecified atom stereocenters. The van der Waals surface area contributed by atoms with Crippen LogP contribution >= 0.6 is 12.4 Å². The third kappa shape index (κ3) is 17200. The topological polar surface area (TPSA) is 441 Å². The first-order valence-corrected chi connectivity index (χ1v) is 0.565. The normalized spacial score (nSPS) is 1.26. The third-order valence-electron chi connectivity index (χ3n) is 0. The SMILES string of the molecule is Cl.O.O.O.O.O.O.O.O.O.O.O.O.O=[N+]([O-])O.[Mg+2].[MgH2]. The van der Waals surface area contributed by atoms with Crippen LogP contribution < -0.4 is 0 Å². The van der Waals surface area contributed by atoms with Gasteiger partial charge in [-0.25, -0.2) is 0 Å². The molecule has 0 amide bonds. The third-order valence-corrected chi connectivity index (χ3v) is 0. The van der Waals surface area contributed by atoms with Gasteiger partial charge in [0, 0.05) is 0 Å². The van der Waals surface area contributed by atoms with Crippen LogP contribution in [-0.4, -0.2) is 122 Å². The molecule has 132 valence electrons. The summed E-state index contributed by atoms with van der Waals surface area (Å²) in [7, 11) is 0. The fraction of sp³-hybridized carbons (Fsp3) is 0. The summed E-state index contributed by atoms with van der Waals surface area (Å²) < 4.78 is 0. The van der Waals surface area contributed by atoms with Crippen LogP contribution in [0.25, 0.3) is 0 Å². The van der Waals surface area contributed by atoms with Crippen LogP contribution in [0.1, 0.15) is 0 Å². The zero-order valence-corrected chi connectivity index (χ0v) is 11.1. The molecule has 0 aliphatic carbocycles. The second-order valence-corrected chi connectivity index (χ2v) is 0.238. The van der Waals surface area contributed by atoms with Crippen molar-refractivity contribution in [3.63, 3.8) is 0 Å². The molecule has 0 aromatic carbocycles. The van der Waals surface area contributed by atoms with Crippen molar-refractivity contribution in [1.82, 2.24) is 0 Å². The summed E-state index contributed by atoms with van der Waals surface area (Å²) in [6.45, 7) is 0. The molecule has 0 aliphatic heterocycles. The van der Waals surface area contributed by atoms with E-state index in [1.165, 1.54) is 0 Å². The Morgan fingerprint density at radius 1 is 0.632 bits per heavy atom. The minimum atomic E-state index is -1.50. The average molecular weight is 366 g/mol. The van der Waals surface area contributed by atoms with E-state index in [4.69, 9.17) is 15.3 Å². The largest absolute Gasteiger partial charge is 2.00 e. The molecule has 0 aromatic heterocycles. The molecule has 19 heavy (non-hydrogen) atoms. The van der Waals surface area contributed by atoms with Gasteiger partial charge < -0.3 is 70.9 Å². The van der Waals surface area contributed by atoms with E-state index in [-0.39, 0.29) is 124 Å². The molecular weight excluding hydrogens is 338 g/mol. The number of rotatable bonds is 0. The van der Waals surface area contributed by atoms with E-state index in [0.29, 0.717) is 0 Å². The molecule has 0 aromatic rings. The molecule has 16 nitrogen and oxygen atoms in total. The first kappa shape index (κ1) is 535. The number of halogens is 1. The molecule has 0 atom stereocenters. The summed E-state index contributed by atoms with van der Waals surface area (Å²) in [4.78, 5) is 8.36. The van der Waals surface area contributed by atoms with Crippen molar-refractivity contribution in [2.24, 2.45) is 0 Å². The van der Waals surface area contributed by atoms with E-state index in [0.717, 1.165) is 0 Å². The summed E-state index contributed by atoms with van der Waals surface area (Å²) in [5.41, 5.74) is 0. The molecule has 0 radical (unpaired) electrons. The van der Waals surface area contributed by atoms with Gasteiger partial charge in [0.2, 0.25) is 0 Å². The first-order valence-electron chi connectivity index (χ1n) is 0.565. The Balaban J connectivity index is -0.000000000429. The van der Waals surface area contributed by atoms with Crippen molar-refractivity contribution in [2.75, 3.05) is 0 Å². The summed E-state index contributed by atoms with van der Waals surface area (Å²) in [6, 6.07) is 0. The standard InChI is InChI=1S/ClH.2Mg.HNO3.12H2O.2H/c;;;2-1(3)4;;;;;;;;;;;;;;/h1H;;;(H,2,3,4);12*1H2;;/q;;+2;;;;;;;;;;;;;;;. The minimum absolute atomic E-state index is 0. The second kappa shape index (κ2) is 455. The monoisotopic (exact) mass is 365 g/mol. The number of hydrogen-bond acceptors (Lipinski definition) is 2. The minimum Gasteiger partial charge on any atom is -0.412 e. The van der Waals surface area contributed by atoms with Crippen molar-refractivity contribution in [3.8, 4) is 0 Å². The quantitative estimate of drug-likeness (QED) is 0.248. The van der Waals surface area contributed by atoms with Gasteiger partial charge in [0.25, 0.3) is 5.09 Å². The van der Waals surface area contributed by atoms with Crippen LogP contribution in [0.15, 0.2) is 0 Å². The molecule has 25 N–H and O–H groups in total. The summed E-state index contributed by atoms with van der Waals surface area (Å²) in [6.07, 6.45) is 0. The van der Waals surface area contributed by atoms with Crippen molar-refractivity contribution in [2.45, 2.75) is 0 Å². The smallest absolute Gasteiger partial charge is 0.412 e. The van der Waals surface area contributed by atoms with Crippen LogP contribution in [-0.2, 0) is 0 Å². The van der Waals surface area contributed by atoms with Gasteiger partial charge in [-0.1, -0.05) is 0 Å². The van der Waals surface area contributed by atoms with E-state index in [1.807, 2.05) is 0 Å². The van der Waals surface area contributed by atoms with Crippen molar-refractivity contribution in [3.05, 3.63) is 10.1 Å². The maximum absolute atomic E-state index is 8.36. The zero-order valence-electron chi connectivity index (χ0n) is 8.83. The summed E-state index contributed by atoms with van der Waals surface area (Å²) in [5.74, 6) is 0. The van der Waals surface area contributed by atoms with Crippen LogP contribution in [0, 0.1) is 10.1 Å². The van der Waals surface area contributed by atoms with Gasteiger partial charge >= 0.3 is 46.1 Å². The average Bonchev–Trinajstić information content (AvgIpc) is 0.811. The Bertz CT molecular complexity index is 43.1. The molecule has 0 heterocycles. The second-order valence-electron chi connectivity index (χ2n) is 0.238. The Morgan fingerprint density at radius 2 is 0.632 bits per heavy atom. The molecule has 0 bridgehead atoms. The Kier molecular flexibility index (Phi) is 12800. The molecule has 0 fully saturated rings. The molecule has 0 rings (SSSR count). The molecule has 0 aliphatic rings. The first-order chi connectivity index (χ1) is 1.73. The predicted octanol–water partition coefficient (Wildman–Crippen LogP) is -11.1. The molecule has 0 saturated carbocycles. The molecule has 19 heteroatoms. The molecule has 0 saturated heterocycles. The maximum Gasteiger partial charge on any atom is 2.00 e. The van der Waals surface area contributed by atoms with E-state index in [1.54, 1.807) is 0 Å². The zero-order chi connectivity index (χ0) is 3.58. The van der Waals surface area contributed by atoms with E-state index < -0.39 is 5.09 Å². The molecular formula is H28ClMg2NO15+2. The summed E-state index contributed by atoms with van der Waals surface area (Å²) >= 11 is 0. The molecule has 0 spiro atoms. The number of hydrogen-bond donors (Lipinski definition) is 1. The maximum atomic E-state index is 8.36. The van der Waals surface area contributed by atoms with Gasteiger partial charge in [0.1, 0.15) is 0 Å². The summed E-state index contributed by atoms with van der Waals surface area (Å²) in [5, 5.41) is 13.6. The van der Waals surface area contributed by atoms with Gasteiger partial charge in [-0.05, 0) is 0 Å².